The van der Waals surface area contributed by atoms with Gasteiger partial charge in [0, 0.05) is 18.4 Å². The highest BCUT2D eigenvalue weighted by Crippen LogP contribution is 2.21. The molecule has 7 heteroatoms. The molecule has 0 radical (unpaired) electrons. The molecule has 0 saturated carbocycles. The van der Waals surface area contributed by atoms with Crippen LogP contribution in [0.5, 0.6) is 0 Å². The number of piperidine rings is 1. The van der Waals surface area contributed by atoms with E-state index in [1.54, 1.807) is 12.1 Å². The lowest BCUT2D eigenvalue weighted by molar-refractivity contribution is -0.123. The molecule has 2 N–H and O–H groups in total. The van der Waals surface area contributed by atoms with Crippen LogP contribution in [0.3, 0.4) is 0 Å². The molecule has 1 aliphatic heterocycles. The van der Waals surface area contributed by atoms with Gasteiger partial charge < -0.3 is 10.6 Å². The Kier molecular flexibility index (Phi) is 7.70. The summed E-state index contributed by atoms with van der Waals surface area (Å²) in [5.74, 6) is 0.141. The zero-order valence-corrected chi connectivity index (χ0v) is 19.1. The van der Waals surface area contributed by atoms with Crippen LogP contribution in [0.2, 0.25) is 5.02 Å². The number of nitrogens with one attached hydrogen (secondary N) is 2. The molecule has 2 aromatic carbocycles. The fraction of sp³-hybridized carbons (Fsp3) is 0.269. The van der Waals surface area contributed by atoms with Crippen molar-refractivity contribution in [2.75, 3.05) is 30.3 Å². The van der Waals surface area contributed by atoms with Crippen LogP contribution in [0, 0.1) is 5.92 Å². The number of hydrogen-bond donors (Lipinski definition) is 2. The minimum absolute atomic E-state index is 0.0732. The fourth-order valence-corrected chi connectivity index (χ4v) is 4.21. The lowest BCUT2D eigenvalue weighted by Crippen LogP contribution is -2.44. The largest absolute Gasteiger partial charge is 0.325 e. The summed E-state index contributed by atoms with van der Waals surface area (Å²) in [6.45, 7) is 1.59. The Morgan fingerprint density at radius 1 is 1.00 bits per heavy atom. The highest BCUT2D eigenvalue weighted by molar-refractivity contribution is 6.30. The van der Waals surface area contributed by atoms with E-state index in [2.05, 4.69) is 27.8 Å². The van der Waals surface area contributed by atoms with E-state index < -0.39 is 0 Å². The van der Waals surface area contributed by atoms with Crippen LogP contribution in [-0.2, 0) is 16.0 Å². The maximum atomic E-state index is 12.8. The first-order valence-corrected chi connectivity index (χ1v) is 11.5. The second kappa shape index (κ2) is 11.1. The molecule has 2 heterocycles. The molecule has 0 aliphatic carbocycles. The predicted octanol–water partition coefficient (Wildman–Crippen LogP) is 4.62. The van der Waals surface area contributed by atoms with Gasteiger partial charge in [0.2, 0.25) is 11.8 Å². The van der Waals surface area contributed by atoms with E-state index in [1.807, 2.05) is 47.4 Å². The molecule has 3 aromatic rings. The van der Waals surface area contributed by atoms with Crippen LogP contribution in [-0.4, -0.2) is 41.3 Å². The van der Waals surface area contributed by atoms with E-state index in [-0.39, 0.29) is 24.3 Å². The third kappa shape index (κ3) is 6.63. The Morgan fingerprint density at radius 2 is 1.79 bits per heavy atom. The van der Waals surface area contributed by atoms with E-state index >= 15 is 0 Å². The van der Waals surface area contributed by atoms with Gasteiger partial charge in [-0.1, -0.05) is 60.1 Å². The molecule has 1 aliphatic rings. The van der Waals surface area contributed by atoms with Crippen LogP contribution >= 0.6 is 11.6 Å². The topological polar surface area (TPSA) is 74.3 Å². The van der Waals surface area contributed by atoms with Crippen molar-refractivity contribution >= 4 is 34.9 Å². The zero-order valence-electron chi connectivity index (χ0n) is 18.3. The number of aromatic nitrogens is 1. The molecule has 0 spiro atoms. The second-order valence-corrected chi connectivity index (χ2v) is 8.73. The molecule has 1 aromatic heterocycles. The summed E-state index contributed by atoms with van der Waals surface area (Å²) in [6, 6.07) is 21.4. The maximum absolute atomic E-state index is 12.8. The van der Waals surface area contributed by atoms with Crippen molar-refractivity contribution in [3.05, 3.63) is 89.1 Å². The van der Waals surface area contributed by atoms with Crippen LogP contribution < -0.4 is 10.6 Å². The van der Waals surface area contributed by atoms with Gasteiger partial charge in [0.05, 0.1) is 17.5 Å². The number of pyridine rings is 1. The first-order valence-electron chi connectivity index (χ1n) is 11.1. The van der Waals surface area contributed by atoms with Gasteiger partial charge in [-0.15, -0.1) is 0 Å². The summed E-state index contributed by atoms with van der Waals surface area (Å²) in [7, 11) is 0. The van der Waals surface area contributed by atoms with Gasteiger partial charge in [0.15, 0.2) is 0 Å². The van der Waals surface area contributed by atoms with Gasteiger partial charge >= 0.3 is 0 Å². The van der Waals surface area contributed by atoms with E-state index in [4.69, 9.17) is 11.6 Å². The quantitative estimate of drug-likeness (QED) is 0.537. The fourth-order valence-electron chi connectivity index (χ4n) is 4.10. The molecule has 170 valence electrons. The Bertz CT molecular complexity index is 1090. The highest BCUT2D eigenvalue weighted by atomic mass is 35.5. The van der Waals surface area contributed by atoms with Crippen molar-refractivity contribution in [2.45, 2.75) is 19.3 Å². The summed E-state index contributed by atoms with van der Waals surface area (Å²) in [4.78, 5) is 31.7. The Labute approximate surface area is 199 Å². The summed E-state index contributed by atoms with van der Waals surface area (Å²) in [5, 5.41) is 6.43. The monoisotopic (exact) mass is 462 g/mol. The number of rotatable bonds is 7. The van der Waals surface area contributed by atoms with Crippen molar-refractivity contribution in [3.63, 3.8) is 0 Å². The van der Waals surface area contributed by atoms with Gasteiger partial charge in [-0.3, -0.25) is 14.5 Å². The third-order valence-corrected chi connectivity index (χ3v) is 5.97. The molecule has 4 rings (SSSR count). The smallest absolute Gasteiger partial charge is 0.238 e. The minimum Gasteiger partial charge on any atom is -0.325 e. The molecule has 33 heavy (non-hydrogen) atoms. The number of amides is 2. The molecule has 6 nitrogen and oxygen atoms in total. The number of nitrogens with zero attached hydrogens (tertiary/aromatic N) is 2. The zero-order chi connectivity index (χ0) is 23.0. The summed E-state index contributed by atoms with van der Waals surface area (Å²) < 4.78 is 0. The van der Waals surface area contributed by atoms with Gasteiger partial charge in [-0.2, -0.15) is 0 Å². The van der Waals surface area contributed by atoms with E-state index in [9.17, 15) is 9.59 Å². The number of para-hydroxylation sites is 1. The lowest BCUT2D eigenvalue weighted by Gasteiger charge is -2.31. The summed E-state index contributed by atoms with van der Waals surface area (Å²) >= 11 is 5.85. The summed E-state index contributed by atoms with van der Waals surface area (Å²) in [6.07, 6.45) is 3.91. The summed E-state index contributed by atoms with van der Waals surface area (Å²) in [5.41, 5.74) is 3.09. The SMILES string of the molecule is O=C(CN1CCCC(C(=O)Nc2ccc(Cl)cn2)C1)Nc1ccccc1Cc1ccccc1. The minimum atomic E-state index is -0.186. The molecule has 1 fully saturated rings. The highest BCUT2D eigenvalue weighted by Gasteiger charge is 2.27. The molecule has 1 unspecified atom stereocenters. The number of carbonyl (C=O) groups excluding carboxylic acids is 2. The molecule has 1 atom stereocenters. The first kappa shape index (κ1) is 23.0. The van der Waals surface area contributed by atoms with Crippen LogP contribution in [0.1, 0.15) is 24.0 Å². The Hall–Kier alpha value is -3.22. The number of carbonyl (C=O) groups is 2. The average Bonchev–Trinajstić information content (AvgIpc) is 2.82. The van der Waals surface area contributed by atoms with Crippen LogP contribution in [0.15, 0.2) is 72.9 Å². The van der Waals surface area contributed by atoms with Crippen molar-refractivity contribution in [1.29, 1.82) is 0 Å². The number of benzene rings is 2. The Balaban J connectivity index is 1.32. The van der Waals surface area contributed by atoms with Gasteiger partial charge in [0.1, 0.15) is 5.82 Å². The molecule has 0 bridgehead atoms. The predicted molar refractivity (Wildman–Crippen MR) is 131 cm³/mol. The Morgan fingerprint density at radius 3 is 2.58 bits per heavy atom. The van der Waals surface area contributed by atoms with Gasteiger partial charge in [-0.25, -0.2) is 4.98 Å². The molecule has 2 amide bonds. The number of anilines is 2. The van der Waals surface area contributed by atoms with Crippen molar-refractivity contribution in [2.24, 2.45) is 5.92 Å². The van der Waals surface area contributed by atoms with Crippen molar-refractivity contribution < 1.29 is 9.59 Å². The van der Waals surface area contributed by atoms with Crippen molar-refractivity contribution in [3.8, 4) is 0 Å². The average molecular weight is 463 g/mol. The standard InChI is InChI=1S/C26H27ClN4O2/c27-22-12-13-24(28-16-22)30-26(33)21-10-6-14-31(17-21)18-25(32)29-23-11-5-4-9-20(23)15-19-7-2-1-3-8-19/h1-5,7-9,11-13,16,21H,6,10,14-15,17-18H2,(H,29,32)(H,28,30,33). The van der Waals surface area contributed by atoms with Gasteiger partial charge in [-0.05, 0) is 55.1 Å². The lowest BCUT2D eigenvalue weighted by atomic mass is 9.97. The van der Waals surface area contributed by atoms with E-state index in [1.165, 1.54) is 11.8 Å². The normalized spacial score (nSPS) is 16.2. The van der Waals surface area contributed by atoms with Gasteiger partial charge in [0.25, 0.3) is 0 Å². The van der Waals surface area contributed by atoms with Crippen molar-refractivity contribution in [1.82, 2.24) is 9.88 Å². The molecular formula is C26H27ClN4O2. The number of likely N-dealkylation sites (tertiary alicyclic amines) is 1. The number of halogens is 1. The van der Waals surface area contributed by atoms with Crippen LogP contribution in [0.25, 0.3) is 0 Å². The van der Waals surface area contributed by atoms with Crippen LogP contribution in [0.4, 0.5) is 11.5 Å². The maximum Gasteiger partial charge on any atom is 0.238 e. The second-order valence-electron chi connectivity index (χ2n) is 8.29. The first-order chi connectivity index (χ1) is 16.1. The molecule has 1 saturated heterocycles. The molecular weight excluding hydrogens is 436 g/mol. The number of hydrogen-bond acceptors (Lipinski definition) is 4. The third-order valence-electron chi connectivity index (χ3n) is 5.75. The van der Waals surface area contributed by atoms with E-state index in [0.29, 0.717) is 17.4 Å². The van der Waals surface area contributed by atoms with E-state index in [0.717, 1.165) is 37.1 Å².